The molecule has 0 spiro atoms. The highest BCUT2D eigenvalue weighted by Crippen LogP contribution is 2.47. The molecule has 0 saturated carbocycles. The van der Waals surface area contributed by atoms with Crippen molar-refractivity contribution in [2.75, 3.05) is 17.0 Å². The maximum Gasteiger partial charge on any atom is 0.143 e. The van der Waals surface area contributed by atoms with Crippen LogP contribution in [0.5, 0.6) is 5.75 Å². The number of nitrogens with zero attached hydrogens (tertiary/aromatic N) is 2. The summed E-state index contributed by atoms with van der Waals surface area (Å²) in [6, 6.07) is 23.1. The molecule has 2 heterocycles. The van der Waals surface area contributed by atoms with Gasteiger partial charge in [-0.05, 0) is 53.6 Å². The van der Waals surface area contributed by atoms with Crippen LogP contribution < -0.4 is 20.5 Å². The number of benzene rings is 3. The van der Waals surface area contributed by atoms with E-state index in [2.05, 4.69) is 78.7 Å². The van der Waals surface area contributed by atoms with Crippen molar-refractivity contribution in [2.24, 2.45) is 5.84 Å². The summed E-state index contributed by atoms with van der Waals surface area (Å²) in [5.41, 5.74) is 5.60. The topological polar surface area (TPSA) is 41.7 Å². The number of nitrogens with two attached hydrogens (primary N) is 1. The molecule has 0 radical (unpaired) electrons. The number of hydrogen-bond donors (Lipinski definition) is 1. The number of para-hydroxylation sites is 3. The van der Waals surface area contributed by atoms with Crippen LogP contribution in [-0.2, 0) is 0 Å². The molecule has 4 nitrogen and oxygen atoms in total. The van der Waals surface area contributed by atoms with E-state index in [1.165, 1.54) is 20.9 Å². The molecule has 0 amide bonds. The molecule has 5 heteroatoms. The third kappa shape index (κ3) is 2.66. The van der Waals surface area contributed by atoms with E-state index in [9.17, 15) is 0 Å². The molecular formula is C25H21N3OS. The van der Waals surface area contributed by atoms with E-state index in [-0.39, 0.29) is 12.1 Å². The van der Waals surface area contributed by atoms with E-state index >= 15 is 0 Å². The minimum atomic E-state index is 0.0204. The molecule has 3 aliphatic rings. The molecule has 0 fully saturated rings. The van der Waals surface area contributed by atoms with Crippen molar-refractivity contribution in [3.8, 4) is 5.75 Å². The molecule has 2 aliphatic heterocycles. The van der Waals surface area contributed by atoms with Gasteiger partial charge in [-0.2, -0.15) is 0 Å². The standard InChI is InChI=1S/C25H21N3OS/c1-27-18-6-2-4-8-22(18)29-23-13-11-16(14-21(23)27)17-10-12-20-25(15-17)30-24-9-5-3-7-19(24)28(20)26/h2-15,21,23H,26H2,1H3. The molecule has 0 bridgehead atoms. The summed E-state index contributed by atoms with van der Waals surface area (Å²) in [7, 11) is 2.14. The van der Waals surface area contributed by atoms with Crippen LogP contribution in [0.4, 0.5) is 17.1 Å². The zero-order valence-electron chi connectivity index (χ0n) is 16.5. The quantitative estimate of drug-likeness (QED) is 0.545. The number of anilines is 3. The van der Waals surface area contributed by atoms with Crippen LogP contribution in [0.15, 0.2) is 94.7 Å². The van der Waals surface area contributed by atoms with Crippen molar-refractivity contribution < 1.29 is 4.74 Å². The number of ether oxygens (including phenoxy) is 1. The average Bonchev–Trinajstić information content (AvgIpc) is 2.79. The summed E-state index contributed by atoms with van der Waals surface area (Å²) in [6.45, 7) is 0. The van der Waals surface area contributed by atoms with Gasteiger partial charge in [0.1, 0.15) is 11.9 Å². The SMILES string of the molecule is CN1c2ccccc2OC2C=CC(c3ccc4c(c3)Sc3ccccc3N4N)=CC21. The first-order valence-corrected chi connectivity index (χ1v) is 10.9. The van der Waals surface area contributed by atoms with E-state index in [4.69, 9.17) is 10.6 Å². The zero-order chi connectivity index (χ0) is 20.2. The van der Waals surface area contributed by atoms with Gasteiger partial charge in [0.15, 0.2) is 0 Å². The first kappa shape index (κ1) is 17.7. The van der Waals surface area contributed by atoms with Gasteiger partial charge in [0.05, 0.1) is 23.1 Å². The molecule has 0 saturated heterocycles. The molecule has 3 aromatic carbocycles. The summed E-state index contributed by atoms with van der Waals surface area (Å²) in [5.74, 6) is 7.35. The van der Waals surface area contributed by atoms with Gasteiger partial charge in [-0.1, -0.05) is 54.2 Å². The van der Waals surface area contributed by atoms with Crippen LogP contribution >= 0.6 is 11.8 Å². The monoisotopic (exact) mass is 411 g/mol. The lowest BCUT2D eigenvalue weighted by atomic mass is 9.92. The Morgan fingerprint density at radius 1 is 0.900 bits per heavy atom. The van der Waals surface area contributed by atoms with Crippen LogP contribution in [0, 0.1) is 0 Å². The smallest absolute Gasteiger partial charge is 0.143 e. The second kappa shape index (κ2) is 6.69. The molecule has 148 valence electrons. The summed E-state index contributed by atoms with van der Waals surface area (Å²) >= 11 is 1.77. The molecule has 2 atom stereocenters. The fraction of sp³-hybridized carbons (Fsp3) is 0.120. The van der Waals surface area contributed by atoms with Gasteiger partial charge in [0, 0.05) is 16.8 Å². The summed E-state index contributed by atoms with van der Waals surface area (Å²) in [4.78, 5) is 4.65. The summed E-state index contributed by atoms with van der Waals surface area (Å²) < 4.78 is 6.23. The Bertz CT molecular complexity index is 1220. The van der Waals surface area contributed by atoms with Crippen LogP contribution in [0.1, 0.15) is 5.56 Å². The fourth-order valence-corrected chi connectivity index (χ4v) is 5.51. The average molecular weight is 412 g/mol. The Morgan fingerprint density at radius 2 is 1.67 bits per heavy atom. The Labute approximate surface area is 180 Å². The van der Waals surface area contributed by atoms with Crippen molar-refractivity contribution in [1.82, 2.24) is 0 Å². The van der Waals surface area contributed by atoms with Crippen LogP contribution in [0.25, 0.3) is 5.57 Å². The van der Waals surface area contributed by atoms with E-state index in [1.807, 2.05) is 18.2 Å². The van der Waals surface area contributed by atoms with Crippen LogP contribution in [0.3, 0.4) is 0 Å². The minimum Gasteiger partial charge on any atom is -0.482 e. The Kier molecular flexibility index (Phi) is 3.94. The molecule has 6 rings (SSSR count). The van der Waals surface area contributed by atoms with E-state index in [1.54, 1.807) is 16.8 Å². The third-order valence-electron chi connectivity index (χ3n) is 6.01. The number of hydrogen-bond acceptors (Lipinski definition) is 5. The van der Waals surface area contributed by atoms with Crippen molar-refractivity contribution in [3.63, 3.8) is 0 Å². The lowest BCUT2D eigenvalue weighted by Gasteiger charge is -2.40. The molecule has 1 aliphatic carbocycles. The maximum atomic E-state index is 6.41. The van der Waals surface area contributed by atoms with Crippen molar-refractivity contribution in [3.05, 3.63) is 90.5 Å². The predicted octanol–water partition coefficient (Wildman–Crippen LogP) is 5.38. The van der Waals surface area contributed by atoms with E-state index < -0.39 is 0 Å². The number of allylic oxidation sites excluding steroid dienone is 2. The van der Waals surface area contributed by atoms with Crippen molar-refractivity contribution in [1.29, 1.82) is 0 Å². The zero-order valence-corrected chi connectivity index (χ0v) is 17.3. The van der Waals surface area contributed by atoms with Gasteiger partial charge < -0.3 is 9.64 Å². The van der Waals surface area contributed by atoms with Gasteiger partial charge in [-0.25, -0.2) is 5.84 Å². The van der Waals surface area contributed by atoms with E-state index in [0.29, 0.717) is 0 Å². The van der Waals surface area contributed by atoms with Crippen molar-refractivity contribution >= 4 is 34.4 Å². The number of likely N-dealkylation sites (N-methyl/N-ethyl adjacent to an activating group) is 1. The first-order valence-electron chi connectivity index (χ1n) is 10.0. The predicted molar refractivity (Wildman–Crippen MR) is 123 cm³/mol. The second-order valence-electron chi connectivity index (χ2n) is 7.76. The molecule has 30 heavy (non-hydrogen) atoms. The fourth-order valence-electron chi connectivity index (χ4n) is 4.40. The summed E-state index contributed by atoms with van der Waals surface area (Å²) in [6.07, 6.45) is 6.67. The highest BCUT2D eigenvalue weighted by molar-refractivity contribution is 7.99. The Balaban J connectivity index is 1.36. The van der Waals surface area contributed by atoms with Crippen molar-refractivity contribution in [2.45, 2.75) is 21.9 Å². The van der Waals surface area contributed by atoms with E-state index in [0.717, 1.165) is 22.8 Å². The largest absolute Gasteiger partial charge is 0.482 e. The Morgan fingerprint density at radius 3 is 2.57 bits per heavy atom. The number of hydrazine groups is 1. The molecule has 2 N–H and O–H groups in total. The van der Waals surface area contributed by atoms with Gasteiger partial charge in [0.25, 0.3) is 0 Å². The lowest BCUT2D eigenvalue weighted by Crippen LogP contribution is -2.46. The highest BCUT2D eigenvalue weighted by Gasteiger charge is 2.33. The molecule has 3 aromatic rings. The number of rotatable bonds is 1. The van der Waals surface area contributed by atoms with Gasteiger partial charge in [0.2, 0.25) is 0 Å². The number of fused-ring (bicyclic) bond motifs is 4. The molecule has 2 unspecified atom stereocenters. The van der Waals surface area contributed by atoms with Gasteiger partial charge in [-0.15, -0.1) is 0 Å². The van der Waals surface area contributed by atoms with Crippen LogP contribution in [0.2, 0.25) is 0 Å². The first-order chi connectivity index (χ1) is 14.7. The Hall–Kier alpha value is -3.15. The van der Waals surface area contributed by atoms with Gasteiger partial charge in [-0.3, -0.25) is 5.01 Å². The third-order valence-corrected chi connectivity index (χ3v) is 7.12. The summed E-state index contributed by atoms with van der Waals surface area (Å²) in [5, 5.41) is 1.78. The van der Waals surface area contributed by atoms with Crippen LogP contribution in [-0.4, -0.2) is 19.2 Å². The molecule has 0 aromatic heterocycles. The minimum absolute atomic E-state index is 0.0204. The second-order valence-corrected chi connectivity index (χ2v) is 8.84. The van der Waals surface area contributed by atoms with Gasteiger partial charge >= 0.3 is 0 Å². The highest BCUT2D eigenvalue weighted by atomic mass is 32.2. The molecular weight excluding hydrogens is 390 g/mol. The maximum absolute atomic E-state index is 6.41. The normalized spacial score (nSPS) is 21.1. The lowest BCUT2D eigenvalue weighted by molar-refractivity contribution is 0.215.